The van der Waals surface area contributed by atoms with Crippen LogP contribution in [0.5, 0.6) is 11.5 Å². The maximum Gasteiger partial charge on any atom is 0.307 e. The van der Waals surface area contributed by atoms with E-state index in [-0.39, 0.29) is 17.5 Å². The van der Waals surface area contributed by atoms with Crippen LogP contribution in [0.25, 0.3) is 0 Å². The average Bonchev–Trinajstić information content (AvgIpc) is 2.37. The molecule has 2 atom stereocenters. The summed E-state index contributed by atoms with van der Waals surface area (Å²) in [4.78, 5) is 12.9. The van der Waals surface area contributed by atoms with E-state index < -0.39 is 11.9 Å². The van der Waals surface area contributed by atoms with Gasteiger partial charge >= 0.3 is 5.97 Å². The van der Waals surface area contributed by atoms with Crippen molar-refractivity contribution in [1.29, 1.82) is 0 Å². The zero-order valence-corrected chi connectivity index (χ0v) is 11.5. The van der Waals surface area contributed by atoms with Gasteiger partial charge in [0.05, 0.1) is 5.92 Å². The highest BCUT2D eigenvalue weighted by Gasteiger charge is 2.22. The van der Waals surface area contributed by atoms with E-state index in [4.69, 9.17) is 5.11 Å². The van der Waals surface area contributed by atoms with Crippen molar-refractivity contribution < 1.29 is 20.1 Å². The quantitative estimate of drug-likeness (QED) is 0.688. The van der Waals surface area contributed by atoms with Gasteiger partial charge in [0, 0.05) is 18.2 Å². The number of carboxylic acids is 1. The molecule has 0 radical (unpaired) electrons. The van der Waals surface area contributed by atoms with Crippen molar-refractivity contribution in [2.45, 2.75) is 26.8 Å². The van der Waals surface area contributed by atoms with Crippen LogP contribution in [0.2, 0.25) is 0 Å². The van der Waals surface area contributed by atoms with Crippen LogP contribution in [0, 0.1) is 5.92 Å². The Morgan fingerprint density at radius 1 is 1.32 bits per heavy atom. The summed E-state index contributed by atoms with van der Waals surface area (Å²) < 4.78 is 0. The largest absolute Gasteiger partial charge is 0.508 e. The van der Waals surface area contributed by atoms with E-state index in [9.17, 15) is 15.0 Å². The smallest absolute Gasteiger partial charge is 0.307 e. The number of nitrogens with zero attached hydrogens (tertiary/aromatic N) is 1. The molecule has 19 heavy (non-hydrogen) atoms. The Morgan fingerprint density at radius 2 is 1.95 bits per heavy atom. The summed E-state index contributed by atoms with van der Waals surface area (Å²) in [6, 6.07) is 4.20. The van der Waals surface area contributed by atoms with E-state index >= 15 is 0 Å². The number of aromatic hydroxyl groups is 2. The lowest BCUT2D eigenvalue weighted by Gasteiger charge is -2.30. The van der Waals surface area contributed by atoms with Crippen molar-refractivity contribution in [1.82, 2.24) is 4.90 Å². The molecule has 0 fully saturated rings. The summed E-state index contributed by atoms with van der Waals surface area (Å²) in [5.41, 5.74) is 0.597. The van der Waals surface area contributed by atoms with E-state index in [1.165, 1.54) is 18.2 Å². The molecule has 0 saturated carbocycles. The number of benzene rings is 1. The maximum atomic E-state index is 10.9. The van der Waals surface area contributed by atoms with Crippen LogP contribution < -0.4 is 0 Å². The Hall–Kier alpha value is -1.75. The summed E-state index contributed by atoms with van der Waals surface area (Å²) >= 11 is 0. The topological polar surface area (TPSA) is 81.0 Å². The molecule has 5 nitrogen and oxygen atoms in total. The standard InChI is InChI=1S/C14H21NO4/c1-4-15(8-9(2)14(18)19)10(3)12-7-11(16)5-6-13(12)17/h5-7,9-10,16-17H,4,8H2,1-3H3,(H,18,19). The van der Waals surface area contributed by atoms with Crippen LogP contribution in [0.4, 0.5) is 0 Å². The number of hydrogen-bond donors (Lipinski definition) is 3. The molecule has 0 aliphatic heterocycles. The molecule has 1 aromatic carbocycles. The number of aliphatic carboxylic acids is 1. The minimum Gasteiger partial charge on any atom is -0.508 e. The third kappa shape index (κ3) is 3.86. The van der Waals surface area contributed by atoms with E-state index in [0.717, 1.165) is 0 Å². The third-order valence-electron chi connectivity index (χ3n) is 3.35. The minimum absolute atomic E-state index is 0.0852. The lowest BCUT2D eigenvalue weighted by Crippen LogP contribution is -2.33. The lowest BCUT2D eigenvalue weighted by molar-refractivity contribution is -0.141. The van der Waals surface area contributed by atoms with Gasteiger partial charge in [-0.05, 0) is 31.7 Å². The van der Waals surface area contributed by atoms with E-state index in [1.54, 1.807) is 6.92 Å². The zero-order valence-electron chi connectivity index (χ0n) is 11.5. The van der Waals surface area contributed by atoms with Gasteiger partial charge in [0.15, 0.2) is 0 Å². The molecule has 2 unspecified atom stereocenters. The summed E-state index contributed by atoms with van der Waals surface area (Å²) in [6.45, 7) is 6.52. The Morgan fingerprint density at radius 3 is 2.47 bits per heavy atom. The van der Waals surface area contributed by atoms with Gasteiger partial charge in [0.25, 0.3) is 0 Å². The molecule has 0 aromatic heterocycles. The molecular weight excluding hydrogens is 246 g/mol. The van der Waals surface area contributed by atoms with Crippen molar-refractivity contribution in [2.24, 2.45) is 5.92 Å². The van der Waals surface area contributed by atoms with Gasteiger partial charge in [-0.1, -0.05) is 13.8 Å². The highest BCUT2D eigenvalue weighted by molar-refractivity contribution is 5.69. The molecule has 106 valence electrons. The molecule has 0 spiro atoms. The van der Waals surface area contributed by atoms with Gasteiger partial charge in [0.2, 0.25) is 0 Å². The molecule has 5 heteroatoms. The van der Waals surface area contributed by atoms with E-state index in [1.807, 2.05) is 18.7 Å². The monoisotopic (exact) mass is 267 g/mol. The molecule has 0 saturated heterocycles. The Balaban J connectivity index is 2.91. The van der Waals surface area contributed by atoms with Crippen LogP contribution >= 0.6 is 0 Å². The average molecular weight is 267 g/mol. The van der Waals surface area contributed by atoms with Crippen molar-refractivity contribution in [3.05, 3.63) is 23.8 Å². The molecule has 0 bridgehead atoms. The summed E-state index contributed by atoms with van der Waals surface area (Å²) in [7, 11) is 0. The predicted molar refractivity (Wildman–Crippen MR) is 72.2 cm³/mol. The molecule has 0 aliphatic rings. The van der Waals surface area contributed by atoms with Gasteiger partial charge in [-0.25, -0.2) is 0 Å². The first-order valence-corrected chi connectivity index (χ1v) is 6.35. The van der Waals surface area contributed by atoms with Crippen molar-refractivity contribution in [3.8, 4) is 11.5 Å². The van der Waals surface area contributed by atoms with Gasteiger partial charge in [-0.2, -0.15) is 0 Å². The number of rotatable bonds is 6. The molecular formula is C14H21NO4. The Bertz CT molecular complexity index is 447. The lowest BCUT2D eigenvalue weighted by atomic mass is 10.0. The number of carbonyl (C=O) groups is 1. The number of hydrogen-bond acceptors (Lipinski definition) is 4. The van der Waals surface area contributed by atoms with Crippen LogP contribution in [0.3, 0.4) is 0 Å². The first kappa shape index (κ1) is 15.3. The minimum atomic E-state index is -0.842. The van der Waals surface area contributed by atoms with Crippen LogP contribution in [-0.2, 0) is 4.79 Å². The third-order valence-corrected chi connectivity index (χ3v) is 3.35. The first-order chi connectivity index (χ1) is 8.86. The highest BCUT2D eigenvalue weighted by Crippen LogP contribution is 2.31. The zero-order chi connectivity index (χ0) is 14.6. The molecule has 0 amide bonds. The van der Waals surface area contributed by atoms with Gasteiger partial charge in [-0.3, -0.25) is 9.69 Å². The fourth-order valence-electron chi connectivity index (χ4n) is 2.06. The number of carboxylic acid groups (broad SMARTS) is 1. The molecule has 0 aliphatic carbocycles. The van der Waals surface area contributed by atoms with Crippen LogP contribution in [0.15, 0.2) is 18.2 Å². The fourth-order valence-corrected chi connectivity index (χ4v) is 2.06. The van der Waals surface area contributed by atoms with Gasteiger partial charge in [0.1, 0.15) is 11.5 Å². The van der Waals surface area contributed by atoms with Crippen molar-refractivity contribution in [2.75, 3.05) is 13.1 Å². The summed E-state index contributed by atoms with van der Waals surface area (Å²) in [6.07, 6.45) is 0. The van der Waals surface area contributed by atoms with Crippen LogP contribution in [0.1, 0.15) is 32.4 Å². The van der Waals surface area contributed by atoms with Crippen molar-refractivity contribution in [3.63, 3.8) is 0 Å². The Labute approximate surface area is 113 Å². The van der Waals surface area contributed by atoms with Gasteiger partial charge < -0.3 is 15.3 Å². The SMILES string of the molecule is CCN(CC(C)C(=O)O)C(C)c1cc(O)ccc1O. The molecule has 1 rings (SSSR count). The van der Waals surface area contributed by atoms with Gasteiger partial charge in [-0.15, -0.1) is 0 Å². The molecule has 0 heterocycles. The second-order valence-electron chi connectivity index (χ2n) is 4.75. The second-order valence-corrected chi connectivity index (χ2v) is 4.75. The fraction of sp³-hybridized carbons (Fsp3) is 0.500. The van der Waals surface area contributed by atoms with E-state index in [2.05, 4.69) is 0 Å². The van der Waals surface area contributed by atoms with Crippen molar-refractivity contribution >= 4 is 5.97 Å². The maximum absolute atomic E-state index is 10.9. The predicted octanol–water partition coefficient (Wildman–Crippen LogP) is 2.20. The number of phenols is 2. The van der Waals surface area contributed by atoms with Crippen LogP contribution in [-0.4, -0.2) is 39.3 Å². The second kappa shape index (κ2) is 6.43. The number of phenolic OH excluding ortho intramolecular Hbond substituents is 2. The molecule has 3 N–H and O–H groups in total. The molecule has 1 aromatic rings. The summed E-state index contributed by atoms with van der Waals surface area (Å²) in [5.74, 6) is -1.14. The highest BCUT2D eigenvalue weighted by atomic mass is 16.4. The normalized spacial score (nSPS) is 14.3. The first-order valence-electron chi connectivity index (χ1n) is 6.35. The van der Waals surface area contributed by atoms with E-state index in [0.29, 0.717) is 18.7 Å². The summed E-state index contributed by atoms with van der Waals surface area (Å²) in [5, 5.41) is 28.3. The Kier molecular flexibility index (Phi) is 5.18.